The molecular formula is C18H17NO. The number of nitriles is 1. The van der Waals surface area contributed by atoms with Crippen LogP contribution in [0.4, 0.5) is 0 Å². The third kappa shape index (κ3) is 3.33. The van der Waals surface area contributed by atoms with Gasteiger partial charge < -0.3 is 0 Å². The van der Waals surface area contributed by atoms with Crippen molar-refractivity contribution in [2.45, 2.75) is 20.3 Å². The standard InChI is InChI=1S/C18H17NO/c1-13(14(2)20)11-15-3-7-17(8-4-15)18-9-5-16(12-19)6-10-18/h3-10,13H,11H2,1-2H3. The monoisotopic (exact) mass is 263 g/mol. The average Bonchev–Trinajstić information content (AvgIpc) is 2.48. The van der Waals surface area contributed by atoms with Crippen LogP contribution in [-0.4, -0.2) is 5.78 Å². The summed E-state index contributed by atoms with van der Waals surface area (Å²) >= 11 is 0. The van der Waals surface area contributed by atoms with Crippen LogP contribution in [0, 0.1) is 17.2 Å². The van der Waals surface area contributed by atoms with Crippen LogP contribution in [0.2, 0.25) is 0 Å². The molecule has 0 spiro atoms. The summed E-state index contributed by atoms with van der Waals surface area (Å²) in [6.45, 7) is 3.59. The highest BCUT2D eigenvalue weighted by molar-refractivity contribution is 5.78. The summed E-state index contributed by atoms with van der Waals surface area (Å²) in [5.74, 6) is 0.289. The molecule has 0 radical (unpaired) electrons. The molecule has 2 rings (SSSR count). The number of nitrogens with zero attached hydrogens (tertiary/aromatic N) is 1. The Kier molecular flexibility index (Phi) is 4.32. The first-order valence-electron chi connectivity index (χ1n) is 6.70. The van der Waals surface area contributed by atoms with E-state index in [1.54, 1.807) is 6.92 Å². The van der Waals surface area contributed by atoms with E-state index in [0.717, 1.165) is 17.5 Å². The molecule has 0 aliphatic rings. The molecule has 2 aromatic carbocycles. The minimum Gasteiger partial charge on any atom is -0.300 e. The minimum atomic E-state index is 0.0655. The molecule has 0 N–H and O–H groups in total. The van der Waals surface area contributed by atoms with Crippen molar-refractivity contribution >= 4 is 5.78 Å². The molecule has 100 valence electrons. The maximum Gasteiger partial charge on any atom is 0.132 e. The smallest absolute Gasteiger partial charge is 0.132 e. The second-order valence-corrected chi connectivity index (χ2v) is 5.10. The third-order valence-electron chi connectivity index (χ3n) is 3.54. The molecule has 0 fully saturated rings. The van der Waals surface area contributed by atoms with Crippen LogP contribution in [0.1, 0.15) is 25.0 Å². The van der Waals surface area contributed by atoms with E-state index in [-0.39, 0.29) is 11.7 Å². The van der Waals surface area contributed by atoms with E-state index in [9.17, 15) is 4.79 Å². The first kappa shape index (κ1) is 14.0. The van der Waals surface area contributed by atoms with E-state index in [4.69, 9.17) is 5.26 Å². The Morgan fingerprint density at radius 3 is 2.00 bits per heavy atom. The zero-order chi connectivity index (χ0) is 14.5. The third-order valence-corrected chi connectivity index (χ3v) is 3.54. The van der Waals surface area contributed by atoms with Crippen LogP contribution in [0.15, 0.2) is 48.5 Å². The van der Waals surface area contributed by atoms with Crippen molar-refractivity contribution in [1.29, 1.82) is 5.26 Å². The maximum absolute atomic E-state index is 11.3. The van der Waals surface area contributed by atoms with Gasteiger partial charge in [0, 0.05) is 5.92 Å². The molecule has 0 aliphatic heterocycles. The molecule has 0 saturated heterocycles. The van der Waals surface area contributed by atoms with E-state index < -0.39 is 0 Å². The fraction of sp³-hybridized carbons (Fsp3) is 0.222. The molecule has 0 heterocycles. The lowest BCUT2D eigenvalue weighted by Crippen LogP contribution is -2.09. The fourth-order valence-corrected chi connectivity index (χ4v) is 2.07. The van der Waals surface area contributed by atoms with Gasteiger partial charge >= 0.3 is 0 Å². The van der Waals surface area contributed by atoms with Gasteiger partial charge in [-0.3, -0.25) is 4.79 Å². The highest BCUT2D eigenvalue weighted by atomic mass is 16.1. The fourth-order valence-electron chi connectivity index (χ4n) is 2.07. The van der Waals surface area contributed by atoms with E-state index in [1.165, 1.54) is 5.56 Å². The summed E-state index contributed by atoms with van der Waals surface area (Å²) in [5.41, 5.74) is 4.05. The van der Waals surface area contributed by atoms with Crippen LogP contribution in [0.3, 0.4) is 0 Å². The summed E-state index contributed by atoms with van der Waals surface area (Å²) < 4.78 is 0. The van der Waals surface area contributed by atoms with Gasteiger partial charge in [-0.05, 0) is 42.2 Å². The van der Waals surface area contributed by atoms with E-state index in [1.807, 2.05) is 31.2 Å². The predicted octanol–water partition coefficient (Wildman–Crippen LogP) is 3.99. The summed E-state index contributed by atoms with van der Waals surface area (Å²) in [5, 5.41) is 8.79. The molecule has 2 heteroatoms. The number of benzene rings is 2. The van der Waals surface area contributed by atoms with Gasteiger partial charge in [0.1, 0.15) is 5.78 Å². The van der Waals surface area contributed by atoms with Gasteiger partial charge in [0.05, 0.1) is 11.6 Å². The number of carbonyl (C=O) groups excluding carboxylic acids is 1. The predicted molar refractivity (Wildman–Crippen MR) is 80.1 cm³/mol. The van der Waals surface area contributed by atoms with Crippen molar-refractivity contribution in [2.24, 2.45) is 5.92 Å². The molecule has 0 saturated carbocycles. The van der Waals surface area contributed by atoms with E-state index >= 15 is 0 Å². The Hall–Kier alpha value is -2.40. The Labute approximate surface area is 119 Å². The Balaban J connectivity index is 2.15. The summed E-state index contributed by atoms with van der Waals surface area (Å²) in [6.07, 6.45) is 0.781. The van der Waals surface area contributed by atoms with Gasteiger partial charge in [-0.15, -0.1) is 0 Å². The van der Waals surface area contributed by atoms with Crippen LogP contribution in [0.5, 0.6) is 0 Å². The van der Waals surface area contributed by atoms with Crippen molar-refractivity contribution in [2.75, 3.05) is 0 Å². The van der Waals surface area contributed by atoms with Crippen molar-refractivity contribution in [3.05, 3.63) is 59.7 Å². The average molecular weight is 263 g/mol. The summed E-state index contributed by atoms with van der Waals surface area (Å²) in [7, 11) is 0. The highest BCUT2D eigenvalue weighted by Gasteiger charge is 2.08. The van der Waals surface area contributed by atoms with Gasteiger partial charge in [-0.25, -0.2) is 0 Å². The van der Waals surface area contributed by atoms with Crippen LogP contribution >= 0.6 is 0 Å². The van der Waals surface area contributed by atoms with Gasteiger partial charge in [0.2, 0.25) is 0 Å². The first-order valence-corrected chi connectivity index (χ1v) is 6.70. The molecule has 20 heavy (non-hydrogen) atoms. The van der Waals surface area contributed by atoms with Crippen molar-refractivity contribution in [1.82, 2.24) is 0 Å². The van der Waals surface area contributed by atoms with Gasteiger partial charge in [0.25, 0.3) is 0 Å². The Morgan fingerprint density at radius 1 is 1.05 bits per heavy atom. The second kappa shape index (κ2) is 6.16. The zero-order valence-corrected chi connectivity index (χ0v) is 11.8. The first-order chi connectivity index (χ1) is 9.60. The van der Waals surface area contributed by atoms with Crippen LogP contribution < -0.4 is 0 Å². The van der Waals surface area contributed by atoms with Crippen LogP contribution in [0.25, 0.3) is 11.1 Å². The second-order valence-electron chi connectivity index (χ2n) is 5.10. The number of hydrogen-bond donors (Lipinski definition) is 0. The molecular weight excluding hydrogens is 246 g/mol. The normalized spacial score (nSPS) is 11.7. The number of hydrogen-bond acceptors (Lipinski definition) is 2. The SMILES string of the molecule is CC(=O)C(C)Cc1ccc(-c2ccc(C#N)cc2)cc1. The van der Waals surface area contributed by atoms with Crippen molar-refractivity contribution < 1.29 is 4.79 Å². The topological polar surface area (TPSA) is 40.9 Å². The lowest BCUT2D eigenvalue weighted by atomic mass is 9.96. The van der Waals surface area contributed by atoms with Gasteiger partial charge in [-0.1, -0.05) is 43.3 Å². The zero-order valence-electron chi connectivity index (χ0n) is 11.8. The minimum absolute atomic E-state index is 0.0655. The maximum atomic E-state index is 11.3. The molecule has 1 atom stereocenters. The van der Waals surface area contributed by atoms with Crippen molar-refractivity contribution in [3.8, 4) is 17.2 Å². The Bertz CT molecular complexity index is 633. The molecule has 0 bridgehead atoms. The van der Waals surface area contributed by atoms with E-state index in [2.05, 4.69) is 30.3 Å². The molecule has 2 nitrogen and oxygen atoms in total. The van der Waals surface area contributed by atoms with Crippen molar-refractivity contribution in [3.63, 3.8) is 0 Å². The van der Waals surface area contributed by atoms with Gasteiger partial charge in [0.15, 0.2) is 0 Å². The number of rotatable bonds is 4. The lowest BCUT2D eigenvalue weighted by Gasteiger charge is -2.08. The van der Waals surface area contributed by atoms with Gasteiger partial charge in [-0.2, -0.15) is 5.26 Å². The number of Topliss-reactive ketones (excluding diaryl/α,β-unsaturated/α-hetero) is 1. The number of ketones is 1. The summed E-state index contributed by atoms with van der Waals surface area (Å²) in [4.78, 5) is 11.3. The van der Waals surface area contributed by atoms with E-state index in [0.29, 0.717) is 5.56 Å². The lowest BCUT2D eigenvalue weighted by molar-refractivity contribution is -0.120. The molecule has 0 aliphatic carbocycles. The largest absolute Gasteiger partial charge is 0.300 e. The highest BCUT2D eigenvalue weighted by Crippen LogP contribution is 2.21. The summed E-state index contributed by atoms with van der Waals surface area (Å²) in [6, 6.07) is 17.9. The molecule has 2 aromatic rings. The number of carbonyl (C=O) groups is 1. The van der Waals surface area contributed by atoms with Crippen LogP contribution in [-0.2, 0) is 11.2 Å². The quantitative estimate of drug-likeness (QED) is 0.836. The molecule has 0 aromatic heterocycles. The molecule has 0 amide bonds. The Morgan fingerprint density at radius 2 is 1.55 bits per heavy atom. The molecule has 1 unspecified atom stereocenters.